The monoisotopic (exact) mass is 334 g/mol. The number of aliphatic hydroxyl groups excluding tert-OH is 1. The molecule has 1 aliphatic rings. The number of carboxylic acids is 1. The summed E-state index contributed by atoms with van der Waals surface area (Å²) in [6.45, 7) is -0.460. The summed E-state index contributed by atoms with van der Waals surface area (Å²) in [6, 6.07) is 6.81. The first-order valence-electron chi connectivity index (χ1n) is 7.44. The molecule has 1 saturated carbocycles. The second-order valence-corrected chi connectivity index (χ2v) is 5.88. The molecular formula is C18H16F2O4. The number of aliphatic carboxylic acids is 1. The number of halogens is 2. The summed E-state index contributed by atoms with van der Waals surface area (Å²) in [4.78, 5) is 11.6. The summed E-state index contributed by atoms with van der Waals surface area (Å²) in [5.41, 5.74) is 0.552. The first-order chi connectivity index (χ1) is 11.4. The Morgan fingerprint density at radius 3 is 2.42 bits per heavy atom. The molecule has 0 heterocycles. The molecular weight excluding hydrogens is 318 g/mol. The number of ether oxygens (including phenoxy) is 1. The van der Waals surface area contributed by atoms with Crippen molar-refractivity contribution in [3.05, 3.63) is 53.1 Å². The van der Waals surface area contributed by atoms with Crippen molar-refractivity contribution in [1.29, 1.82) is 0 Å². The largest absolute Gasteiger partial charge is 0.496 e. The fraction of sp³-hybridized carbons (Fsp3) is 0.278. The number of carbonyl (C=O) groups is 1. The Balaban J connectivity index is 2.18. The van der Waals surface area contributed by atoms with E-state index in [0.29, 0.717) is 35.3 Å². The molecule has 126 valence electrons. The van der Waals surface area contributed by atoms with Gasteiger partial charge in [0.2, 0.25) is 0 Å². The lowest BCUT2D eigenvalue weighted by Crippen LogP contribution is -2.20. The van der Waals surface area contributed by atoms with Gasteiger partial charge in [0.1, 0.15) is 5.75 Å². The maximum atomic E-state index is 13.6. The zero-order chi connectivity index (χ0) is 17.5. The van der Waals surface area contributed by atoms with Crippen molar-refractivity contribution in [2.45, 2.75) is 24.9 Å². The van der Waals surface area contributed by atoms with Crippen LogP contribution in [0.2, 0.25) is 0 Å². The Labute approximate surface area is 137 Å². The van der Waals surface area contributed by atoms with Gasteiger partial charge in [0, 0.05) is 5.56 Å². The molecule has 0 bridgehead atoms. The summed E-state index contributed by atoms with van der Waals surface area (Å²) in [6.07, 6.45) is 0.986. The first-order valence-corrected chi connectivity index (χ1v) is 7.44. The fourth-order valence-corrected chi connectivity index (χ4v) is 2.96. The molecule has 0 saturated heterocycles. The standard InChI is InChI=1S/C18H16F2O4/c1-24-16-3-2-10(6-13(16)18(4-5-18)17(22)23)12-8-15(20)14(19)7-11(12)9-21/h2-3,6-8,21H,4-5,9H2,1H3,(H,22,23). The normalized spacial score (nSPS) is 15.2. The van der Waals surface area contributed by atoms with Crippen molar-refractivity contribution < 1.29 is 28.5 Å². The second kappa shape index (κ2) is 5.87. The van der Waals surface area contributed by atoms with Gasteiger partial charge in [0.05, 0.1) is 19.1 Å². The van der Waals surface area contributed by atoms with Gasteiger partial charge in [-0.25, -0.2) is 8.78 Å². The van der Waals surface area contributed by atoms with Crippen LogP contribution in [-0.4, -0.2) is 23.3 Å². The Morgan fingerprint density at radius 1 is 1.21 bits per heavy atom. The van der Waals surface area contributed by atoms with Crippen LogP contribution in [0.3, 0.4) is 0 Å². The minimum atomic E-state index is -1.04. The maximum absolute atomic E-state index is 13.6. The molecule has 0 amide bonds. The number of hydrogen-bond acceptors (Lipinski definition) is 3. The van der Waals surface area contributed by atoms with Crippen LogP contribution in [-0.2, 0) is 16.8 Å². The lowest BCUT2D eigenvalue weighted by molar-refractivity contribution is -0.140. The molecule has 0 spiro atoms. The van der Waals surface area contributed by atoms with Gasteiger partial charge in [-0.3, -0.25) is 4.79 Å². The first kappa shape index (κ1) is 16.4. The average molecular weight is 334 g/mol. The molecule has 2 N–H and O–H groups in total. The Bertz CT molecular complexity index is 813. The molecule has 2 aromatic carbocycles. The SMILES string of the molecule is COc1ccc(-c2cc(F)c(F)cc2CO)cc1C1(C(=O)O)CC1. The van der Waals surface area contributed by atoms with Gasteiger partial charge < -0.3 is 14.9 Å². The number of hydrogen-bond donors (Lipinski definition) is 2. The third-order valence-corrected chi connectivity index (χ3v) is 4.50. The van der Waals surface area contributed by atoms with Gasteiger partial charge >= 0.3 is 5.97 Å². The van der Waals surface area contributed by atoms with E-state index < -0.39 is 29.6 Å². The summed E-state index contributed by atoms with van der Waals surface area (Å²) < 4.78 is 32.3. The van der Waals surface area contributed by atoms with E-state index in [1.807, 2.05) is 0 Å². The minimum Gasteiger partial charge on any atom is -0.496 e. The Kier molecular flexibility index (Phi) is 4.01. The van der Waals surface area contributed by atoms with Crippen LogP contribution >= 0.6 is 0 Å². The van der Waals surface area contributed by atoms with Gasteiger partial charge in [0.25, 0.3) is 0 Å². The van der Waals surface area contributed by atoms with Crippen LogP contribution in [0.25, 0.3) is 11.1 Å². The predicted molar refractivity (Wildman–Crippen MR) is 82.8 cm³/mol. The summed E-state index contributed by atoms with van der Waals surface area (Å²) in [7, 11) is 1.45. The van der Waals surface area contributed by atoms with E-state index in [1.54, 1.807) is 18.2 Å². The van der Waals surface area contributed by atoms with E-state index in [0.717, 1.165) is 12.1 Å². The maximum Gasteiger partial charge on any atom is 0.314 e. The van der Waals surface area contributed by atoms with E-state index in [4.69, 9.17) is 4.74 Å². The van der Waals surface area contributed by atoms with E-state index in [9.17, 15) is 23.8 Å². The number of carboxylic acid groups (broad SMARTS) is 1. The average Bonchev–Trinajstić information content (AvgIpc) is 3.38. The third kappa shape index (κ3) is 2.53. The molecule has 4 nitrogen and oxygen atoms in total. The molecule has 2 aromatic rings. The molecule has 0 unspecified atom stereocenters. The van der Waals surface area contributed by atoms with E-state index in [-0.39, 0.29) is 5.56 Å². The molecule has 0 atom stereocenters. The fourth-order valence-electron chi connectivity index (χ4n) is 2.96. The van der Waals surface area contributed by atoms with Crippen molar-refractivity contribution in [2.24, 2.45) is 0 Å². The number of rotatable bonds is 5. The van der Waals surface area contributed by atoms with Crippen molar-refractivity contribution in [3.8, 4) is 16.9 Å². The summed E-state index contributed by atoms with van der Waals surface area (Å²) in [5, 5.41) is 18.9. The number of benzene rings is 2. The van der Waals surface area contributed by atoms with E-state index >= 15 is 0 Å². The minimum absolute atomic E-state index is 0.227. The van der Waals surface area contributed by atoms with Gasteiger partial charge in [-0.1, -0.05) is 6.07 Å². The van der Waals surface area contributed by atoms with Gasteiger partial charge in [0.15, 0.2) is 11.6 Å². The zero-order valence-electron chi connectivity index (χ0n) is 13.0. The third-order valence-electron chi connectivity index (χ3n) is 4.50. The van der Waals surface area contributed by atoms with Gasteiger partial charge in [-0.2, -0.15) is 0 Å². The zero-order valence-corrected chi connectivity index (χ0v) is 13.0. The highest BCUT2D eigenvalue weighted by Crippen LogP contribution is 2.52. The van der Waals surface area contributed by atoms with Crippen LogP contribution in [0.15, 0.2) is 30.3 Å². The quantitative estimate of drug-likeness (QED) is 0.881. The summed E-state index contributed by atoms with van der Waals surface area (Å²) >= 11 is 0. The van der Waals surface area contributed by atoms with Crippen LogP contribution in [0.4, 0.5) is 8.78 Å². The van der Waals surface area contributed by atoms with Crippen molar-refractivity contribution in [3.63, 3.8) is 0 Å². The summed E-state index contributed by atoms with van der Waals surface area (Å²) in [5.74, 6) is -2.57. The lowest BCUT2D eigenvalue weighted by atomic mass is 9.90. The van der Waals surface area contributed by atoms with Crippen LogP contribution < -0.4 is 4.74 Å². The van der Waals surface area contributed by atoms with Gasteiger partial charge in [-0.05, 0) is 53.8 Å². The highest BCUT2D eigenvalue weighted by Gasteiger charge is 2.53. The molecule has 0 aromatic heterocycles. The van der Waals surface area contributed by atoms with E-state index in [1.165, 1.54) is 7.11 Å². The van der Waals surface area contributed by atoms with Gasteiger partial charge in [-0.15, -0.1) is 0 Å². The molecule has 24 heavy (non-hydrogen) atoms. The van der Waals surface area contributed by atoms with Crippen molar-refractivity contribution >= 4 is 5.97 Å². The van der Waals surface area contributed by atoms with Crippen LogP contribution in [0.1, 0.15) is 24.0 Å². The Morgan fingerprint density at radius 2 is 1.88 bits per heavy atom. The van der Waals surface area contributed by atoms with Crippen molar-refractivity contribution in [2.75, 3.05) is 7.11 Å². The van der Waals surface area contributed by atoms with E-state index in [2.05, 4.69) is 0 Å². The molecule has 3 rings (SSSR count). The molecule has 0 aliphatic heterocycles. The number of aliphatic hydroxyl groups is 1. The topological polar surface area (TPSA) is 66.8 Å². The second-order valence-electron chi connectivity index (χ2n) is 5.88. The molecule has 6 heteroatoms. The van der Waals surface area contributed by atoms with Crippen molar-refractivity contribution in [1.82, 2.24) is 0 Å². The highest BCUT2D eigenvalue weighted by molar-refractivity contribution is 5.87. The highest BCUT2D eigenvalue weighted by atomic mass is 19.2. The Hall–Kier alpha value is -2.47. The molecule has 0 radical (unpaired) electrons. The smallest absolute Gasteiger partial charge is 0.314 e. The van der Waals surface area contributed by atoms with Crippen LogP contribution in [0.5, 0.6) is 5.75 Å². The number of methoxy groups -OCH3 is 1. The molecule has 1 aliphatic carbocycles. The molecule has 1 fully saturated rings. The predicted octanol–water partition coefficient (Wildman–Crippen LogP) is 3.25. The lowest BCUT2D eigenvalue weighted by Gasteiger charge is -2.17. The van der Waals surface area contributed by atoms with Crippen LogP contribution in [0, 0.1) is 11.6 Å².